The molecule has 0 aliphatic heterocycles. The first-order chi connectivity index (χ1) is 12.7. The number of oxazole rings is 1. The minimum absolute atomic E-state index is 0.0674. The zero-order valence-corrected chi connectivity index (χ0v) is 17.0. The van der Waals surface area contributed by atoms with E-state index >= 15 is 0 Å². The van der Waals surface area contributed by atoms with Crippen molar-refractivity contribution in [3.63, 3.8) is 0 Å². The third-order valence-electron chi connectivity index (χ3n) is 4.30. The minimum Gasteiger partial charge on any atom is -0.445 e. The molecule has 1 unspecified atom stereocenters. The number of hydrogen-bond acceptors (Lipinski definition) is 5. The lowest BCUT2D eigenvalue weighted by atomic mass is 10.1. The molecule has 0 aliphatic rings. The van der Waals surface area contributed by atoms with Crippen LogP contribution in [-0.4, -0.2) is 31.1 Å². The second-order valence-electron chi connectivity index (χ2n) is 7.00. The summed E-state index contributed by atoms with van der Waals surface area (Å²) >= 11 is 0. The number of carbonyl (C=O) groups excluding carboxylic acids is 1. The highest BCUT2D eigenvalue weighted by Crippen LogP contribution is 2.24. The lowest BCUT2D eigenvalue weighted by Gasteiger charge is -2.15. The molecule has 2 N–H and O–H groups in total. The first kappa shape index (κ1) is 21.1. The summed E-state index contributed by atoms with van der Waals surface area (Å²) in [6.45, 7) is 7.43. The molecule has 1 aromatic carbocycles. The summed E-state index contributed by atoms with van der Waals surface area (Å²) in [6.07, 6.45) is 4.02. The van der Waals surface area contributed by atoms with Crippen molar-refractivity contribution in [1.29, 1.82) is 0 Å². The van der Waals surface area contributed by atoms with Gasteiger partial charge in [-0.1, -0.05) is 6.92 Å². The van der Waals surface area contributed by atoms with E-state index in [1.54, 1.807) is 20.0 Å². The number of nitrogens with one attached hydrogen (secondary N) is 2. The molecule has 0 aliphatic carbocycles. The Kier molecular flexibility index (Phi) is 7.15. The fourth-order valence-corrected chi connectivity index (χ4v) is 3.27. The van der Waals surface area contributed by atoms with Crippen molar-refractivity contribution >= 4 is 21.6 Å². The normalized spacial score (nSPS) is 12.9. The Labute approximate surface area is 160 Å². The number of nitrogens with zero attached hydrogens (tertiary/aromatic N) is 1. The number of sulfonamides is 1. The Morgan fingerprint density at radius 2 is 2.00 bits per heavy atom. The van der Waals surface area contributed by atoms with Crippen LogP contribution in [0.3, 0.4) is 0 Å². The number of anilines is 1. The van der Waals surface area contributed by atoms with Crippen molar-refractivity contribution in [1.82, 2.24) is 9.71 Å². The van der Waals surface area contributed by atoms with E-state index < -0.39 is 15.3 Å². The number of aryl methyl sites for hydroxylation is 1. The van der Waals surface area contributed by atoms with E-state index in [9.17, 15) is 13.2 Å². The highest BCUT2D eigenvalue weighted by Gasteiger charge is 2.17. The Morgan fingerprint density at radius 1 is 1.26 bits per heavy atom. The van der Waals surface area contributed by atoms with Crippen LogP contribution in [0.15, 0.2) is 35.1 Å². The van der Waals surface area contributed by atoms with Crippen LogP contribution in [0.2, 0.25) is 0 Å². The molecule has 1 amide bonds. The van der Waals surface area contributed by atoms with E-state index in [1.165, 1.54) is 6.26 Å². The molecule has 2 aromatic rings. The van der Waals surface area contributed by atoms with Gasteiger partial charge in [0, 0.05) is 24.2 Å². The summed E-state index contributed by atoms with van der Waals surface area (Å²) in [6, 6.07) is 5.58. The van der Waals surface area contributed by atoms with Crippen LogP contribution >= 0.6 is 0 Å². The summed E-state index contributed by atoms with van der Waals surface area (Å²) in [7, 11) is -3.27. The van der Waals surface area contributed by atoms with Gasteiger partial charge in [0.1, 0.15) is 6.26 Å². The smallest absolute Gasteiger partial charge is 0.225 e. The SMILES string of the molecule is Cc1cc(-c2ncco2)ccc1NC(=O)CCC(C)CNS(=O)(=O)C(C)C. The molecule has 2 rings (SSSR count). The second-order valence-corrected chi connectivity index (χ2v) is 9.32. The molecule has 1 heterocycles. The van der Waals surface area contributed by atoms with Crippen molar-refractivity contribution in [2.75, 3.05) is 11.9 Å². The van der Waals surface area contributed by atoms with Gasteiger partial charge in [-0.3, -0.25) is 4.79 Å². The van der Waals surface area contributed by atoms with Crippen LogP contribution in [0.25, 0.3) is 11.5 Å². The van der Waals surface area contributed by atoms with Crippen molar-refractivity contribution in [2.45, 2.75) is 45.8 Å². The molecule has 7 nitrogen and oxygen atoms in total. The number of aromatic nitrogens is 1. The predicted octanol–water partition coefficient (Wildman–Crippen LogP) is 3.33. The van der Waals surface area contributed by atoms with Gasteiger partial charge in [-0.2, -0.15) is 0 Å². The van der Waals surface area contributed by atoms with Crippen molar-refractivity contribution in [3.05, 3.63) is 36.2 Å². The lowest BCUT2D eigenvalue weighted by molar-refractivity contribution is -0.116. The highest BCUT2D eigenvalue weighted by atomic mass is 32.2. The van der Waals surface area contributed by atoms with Gasteiger partial charge in [0.05, 0.1) is 11.4 Å². The molecule has 0 saturated heterocycles. The third kappa shape index (κ3) is 6.18. The van der Waals surface area contributed by atoms with Crippen LogP contribution in [0.4, 0.5) is 5.69 Å². The van der Waals surface area contributed by atoms with Crippen LogP contribution in [0, 0.1) is 12.8 Å². The Hall–Kier alpha value is -2.19. The molecule has 8 heteroatoms. The number of rotatable bonds is 9. The average molecular weight is 394 g/mol. The lowest BCUT2D eigenvalue weighted by Crippen LogP contribution is -2.34. The van der Waals surface area contributed by atoms with Gasteiger partial charge in [-0.15, -0.1) is 0 Å². The summed E-state index contributed by atoms with van der Waals surface area (Å²) in [5.74, 6) is 0.506. The molecule has 1 aromatic heterocycles. The van der Waals surface area contributed by atoms with E-state index in [4.69, 9.17) is 4.42 Å². The average Bonchev–Trinajstić information content (AvgIpc) is 3.14. The van der Waals surface area contributed by atoms with Crippen LogP contribution in [0.5, 0.6) is 0 Å². The number of benzene rings is 1. The van der Waals surface area contributed by atoms with Gasteiger partial charge in [0.15, 0.2) is 0 Å². The van der Waals surface area contributed by atoms with Crippen LogP contribution in [0.1, 0.15) is 39.2 Å². The molecule has 0 spiro atoms. The highest BCUT2D eigenvalue weighted by molar-refractivity contribution is 7.90. The standard InChI is InChI=1S/C19H27N3O4S/c1-13(2)27(24,25)21-12-14(3)5-8-18(23)22-17-7-6-16(11-15(17)4)19-20-9-10-26-19/h6-7,9-11,13-14,21H,5,8,12H2,1-4H3,(H,22,23). The summed E-state index contributed by atoms with van der Waals surface area (Å²) < 4.78 is 31.4. The Bertz CT molecular complexity index is 861. The third-order valence-corrected chi connectivity index (χ3v) is 6.11. The van der Waals surface area contributed by atoms with Gasteiger partial charge >= 0.3 is 0 Å². The number of carbonyl (C=O) groups is 1. The number of hydrogen-bond donors (Lipinski definition) is 2. The molecule has 1 atom stereocenters. The Morgan fingerprint density at radius 3 is 2.59 bits per heavy atom. The van der Waals surface area contributed by atoms with Gasteiger partial charge in [0.2, 0.25) is 21.8 Å². The van der Waals surface area contributed by atoms with Crippen LogP contribution < -0.4 is 10.0 Å². The molecule has 0 radical (unpaired) electrons. The summed E-state index contributed by atoms with van der Waals surface area (Å²) in [4.78, 5) is 16.3. The topological polar surface area (TPSA) is 101 Å². The maximum atomic E-state index is 12.2. The number of amides is 1. The molecular weight excluding hydrogens is 366 g/mol. The summed E-state index contributed by atoms with van der Waals surface area (Å²) in [5.41, 5.74) is 2.50. The maximum Gasteiger partial charge on any atom is 0.225 e. The molecule has 27 heavy (non-hydrogen) atoms. The molecular formula is C19H27N3O4S. The monoisotopic (exact) mass is 393 g/mol. The first-order valence-corrected chi connectivity index (χ1v) is 10.5. The van der Waals surface area contributed by atoms with E-state index in [0.29, 0.717) is 25.3 Å². The predicted molar refractivity (Wildman–Crippen MR) is 106 cm³/mol. The minimum atomic E-state index is -3.27. The fourth-order valence-electron chi connectivity index (χ4n) is 2.42. The van der Waals surface area contributed by atoms with E-state index in [-0.39, 0.29) is 11.8 Å². The maximum absolute atomic E-state index is 12.2. The van der Waals surface area contributed by atoms with Gasteiger partial charge < -0.3 is 9.73 Å². The molecule has 148 valence electrons. The van der Waals surface area contributed by atoms with E-state index in [1.807, 2.05) is 32.0 Å². The van der Waals surface area contributed by atoms with Gasteiger partial charge in [-0.05, 0) is 56.9 Å². The fraction of sp³-hybridized carbons (Fsp3) is 0.474. The zero-order valence-electron chi connectivity index (χ0n) is 16.2. The van der Waals surface area contributed by atoms with Crippen molar-refractivity contribution < 1.29 is 17.6 Å². The summed E-state index contributed by atoms with van der Waals surface area (Å²) in [5, 5.41) is 2.44. The van der Waals surface area contributed by atoms with E-state index in [2.05, 4.69) is 15.0 Å². The van der Waals surface area contributed by atoms with Gasteiger partial charge in [0.25, 0.3) is 0 Å². The van der Waals surface area contributed by atoms with Gasteiger partial charge in [-0.25, -0.2) is 18.1 Å². The molecule has 0 bridgehead atoms. The first-order valence-electron chi connectivity index (χ1n) is 8.98. The van der Waals surface area contributed by atoms with Crippen molar-refractivity contribution in [2.24, 2.45) is 5.92 Å². The second kappa shape index (κ2) is 9.14. The van der Waals surface area contributed by atoms with E-state index in [0.717, 1.165) is 16.8 Å². The van der Waals surface area contributed by atoms with Crippen molar-refractivity contribution in [3.8, 4) is 11.5 Å². The quantitative estimate of drug-likeness (QED) is 0.680. The van der Waals surface area contributed by atoms with Crippen LogP contribution in [-0.2, 0) is 14.8 Å². The molecule has 0 saturated carbocycles. The zero-order chi connectivity index (χ0) is 20.0. The molecule has 0 fully saturated rings. The largest absolute Gasteiger partial charge is 0.445 e. The Balaban J connectivity index is 1.83.